The number of carbonyl (C=O) groups excluding carboxylic acids is 1. The zero-order chi connectivity index (χ0) is 19.4. The van der Waals surface area contributed by atoms with Crippen LogP contribution in [0, 0.1) is 5.41 Å². The van der Waals surface area contributed by atoms with E-state index in [0.717, 1.165) is 29.3 Å². The van der Waals surface area contributed by atoms with E-state index in [1.165, 1.54) is 5.56 Å². The first-order valence-corrected chi connectivity index (χ1v) is 10.6. The number of hydrogen-bond acceptors (Lipinski definition) is 4. The van der Waals surface area contributed by atoms with Crippen LogP contribution < -0.4 is 5.32 Å². The van der Waals surface area contributed by atoms with Gasteiger partial charge in [-0.05, 0) is 61.7 Å². The van der Waals surface area contributed by atoms with Crippen molar-refractivity contribution in [1.82, 2.24) is 10.2 Å². The standard InChI is InChI=1S/C20H25BrN2O3S/c1-12(25-3)6-7-19(2)9-13-4-5-14(21)8-16(13)20(19)17(24)23(18(27)22-20)15-10-26-11-15/h4-5,8,12,15H,6-7,9-11H2,1-3H3,(H,22,27). The van der Waals surface area contributed by atoms with Crippen molar-refractivity contribution in [3.63, 3.8) is 0 Å². The van der Waals surface area contributed by atoms with Gasteiger partial charge in [-0.25, -0.2) is 0 Å². The quantitative estimate of drug-likeness (QED) is 0.695. The number of benzene rings is 1. The second-order valence-corrected chi connectivity index (χ2v) is 9.47. The first kappa shape index (κ1) is 19.3. The molecule has 146 valence electrons. The molecule has 2 fully saturated rings. The summed E-state index contributed by atoms with van der Waals surface area (Å²) in [4.78, 5) is 15.6. The van der Waals surface area contributed by atoms with E-state index in [9.17, 15) is 4.79 Å². The van der Waals surface area contributed by atoms with E-state index in [0.29, 0.717) is 18.3 Å². The Kier molecular flexibility index (Phi) is 4.86. The molecule has 1 N–H and O–H groups in total. The summed E-state index contributed by atoms with van der Waals surface area (Å²) >= 11 is 9.21. The second-order valence-electron chi connectivity index (χ2n) is 8.17. The molecule has 7 heteroatoms. The Balaban J connectivity index is 1.79. The third-order valence-corrected chi connectivity index (χ3v) is 7.30. The zero-order valence-corrected chi connectivity index (χ0v) is 18.3. The number of nitrogens with zero attached hydrogens (tertiary/aromatic N) is 1. The molecule has 1 aromatic rings. The van der Waals surface area contributed by atoms with Crippen LogP contribution in [0.25, 0.3) is 0 Å². The molecule has 0 saturated carbocycles. The first-order valence-electron chi connectivity index (χ1n) is 9.37. The summed E-state index contributed by atoms with van der Waals surface area (Å²) in [5.41, 5.74) is 1.14. The molecule has 2 aliphatic heterocycles. The maximum absolute atomic E-state index is 13.9. The van der Waals surface area contributed by atoms with Crippen molar-refractivity contribution in [3.05, 3.63) is 33.8 Å². The lowest BCUT2D eigenvalue weighted by Gasteiger charge is -2.41. The molecule has 1 aliphatic carbocycles. The molecule has 0 aromatic heterocycles. The number of carbonyl (C=O) groups is 1. The molecule has 1 amide bonds. The summed E-state index contributed by atoms with van der Waals surface area (Å²) in [6, 6.07) is 6.29. The minimum absolute atomic E-state index is 0.0372. The minimum atomic E-state index is -0.827. The molecule has 1 spiro atoms. The zero-order valence-electron chi connectivity index (χ0n) is 15.9. The fourth-order valence-electron chi connectivity index (χ4n) is 4.69. The molecular weight excluding hydrogens is 428 g/mol. The number of thiocarbonyl (C=S) groups is 1. The van der Waals surface area contributed by atoms with Gasteiger partial charge in [-0.3, -0.25) is 9.69 Å². The summed E-state index contributed by atoms with van der Waals surface area (Å²) in [6.07, 6.45) is 2.74. The first-order chi connectivity index (χ1) is 12.8. The van der Waals surface area contributed by atoms with Crippen LogP contribution in [0.3, 0.4) is 0 Å². The lowest BCUT2D eigenvalue weighted by atomic mass is 9.68. The van der Waals surface area contributed by atoms with Gasteiger partial charge in [0.25, 0.3) is 5.91 Å². The number of rotatable bonds is 5. The van der Waals surface area contributed by atoms with Gasteiger partial charge in [-0.1, -0.05) is 28.9 Å². The predicted octanol–water partition coefficient (Wildman–Crippen LogP) is 3.14. The number of hydrogen-bond donors (Lipinski definition) is 1. The number of amides is 1. The van der Waals surface area contributed by atoms with Gasteiger partial charge in [0.1, 0.15) is 0 Å². The molecule has 2 heterocycles. The summed E-state index contributed by atoms with van der Waals surface area (Å²) in [5.74, 6) is 0.0604. The number of ether oxygens (including phenoxy) is 2. The van der Waals surface area contributed by atoms with Crippen LogP contribution >= 0.6 is 28.1 Å². The Labute approximate surface area is 173 Å². The maximum Gasteiger partial charge on any atom is 0.260 e. The fourth-order valence-corrected chi connectivity index (χ4v) is 5.43. The minimum Gasteiger partial charge on any atom is -0.382 e. The summed E-state index contributed by atoms with van der Waals surface area (Å²) in [6.45, 7) is 5.37. The summed E-state index contributed by atoms with van der Waals surface area (Å²) in [5, 5.41) is 4.01. The van der Waals surface area contributed by atoms with Crippen LogP contribution in [0.4, 0.5) is 0 Å². The van der Waals surface area contributed by atoms with Crippen molar-refractivity contribution in [2.75, 3.05) is 20.3 Å². The molecule has 4 rings (SSSR count). The molecule has 3 aliphatic rings. The van der Waals surface area contributed by atoms with E-state index in [4.69, 9.17) is 21.7 Å². The molecule has 3 atom stereocenters. The van der Waals surface area contributed by atoms with Crippen molar-refractivity contribution in [3.8, 4) is 0 Å². The Bertz CT molecular complexity index is 799. The average Bonchev–Trinajstić information content (AvgIpc) is 2.99. The molecule has 3 unspecified atom stereocenters. The predicted molar refractivity (Wildman–Crippen MR) is 111 cm³/mol. The van der Waals surface area contributed by atoms with Gasteiger partial charge in [0.05, 0.1) is 25.4 Å². The van der Waals surface area contributed by atoms with Gasteiger partial charge in [-0.15, -0.1) is 0 Å². The molecule has 1 aromatic carbocycles. The molecular formula is C20H25BrN2O3S. The Morgan fingerprint density at radius 2 is 2.22 bits per heavy atom. The number of methoxy groups -OCH3 is 1. The molecule has 0 bridgehead atoms. The molecule has 27 heavy (non-hydrogen) atoms. The highest BCUT2D eigenvalue weighted by atomic mass is 79.9. The van der Waals surface area contributed by atoms with Gasteiger partial charge < -0.3 is 14.8 Å². The van der Waals surface area contributed by atoms with Gasteiger partial charge in [0.2, 0.25) is 0 Å². The van der Waals surface area contributed by atoms with E-state index in [1.807, 2.05) is 6.07 Å². The SMILES string of the molecule is COC(C)CCC1(C)Cc2ccc(Br)cc2C12NC(=S)N(C1COC1)C2=O. The van der Waals surface area contributed by atoms with E-state index >= 15 is 0 Å². The third-order valence-electron chi connectivity index (χ3n) is 6.51. The van der Waals surface area contributed by atoms with Crippen LogP contribution in [-0.2, 0) is 26.2 Å². The second kappa shape index (κ2) is 6.79. The number of halogens is 1. The van der Waals surface area contributed by atoms with E-state index in [2.05, 4.69) is 47.2 Å². The molecule has 5 nitrogen and oxygen atoms in total. The highest BCUT2D eigenvalue weighted by Crippen LogP contribution is 2.56. The Hall–Kier alpha value is -1.02. The Morgan fingerprint density at radius 1 is 1.48 bits per heavy atom. The van der Waals surface area contributed by atoms with E-state index in [1.54, 1.807) is 12.0 Å². The highest BCUT2D eigenvalue weighted by Gasteiger charge is 2.65. The Morgan fingerprint density at radius 3 is 2.85 bits per heavy atom. The van der Waals surface area contributed by atoms with Crippen molar-refractivity contribution < 1.29 is 14.3 Å². The van der Waals surface area contributed by atoms with Crippen LogP contribution in [0.2, 0.25) is 0 Å². The fraction of sp³-hybridized carbons (Fsp3) is 0.600. The van der Waals surface area contributed by atoms with E-state index in [-0.39, 0.29) is 23.5 Å². The highest BCUT2D eigenvalue weighted by molar-refractivity contribution is 9.10. The van der Waals surface area contributed by atoms with Gasteiger partial charge >= 0.3 is 0 Å². The summed E-state index contributed by atoms with van der Waals surface area (Å²) in [7, 11) is 1.73. The maximum atomic E-state index is 13.9. The molecule has 2 saturated heterocycles. The van der Waals surface area contributed by atoms with Crippen LogP contribution in [0.1, 0.15) is 37.8 Å². The van der Waals surface area contributed by atoms with Crippen molar-refractivity contribution >= 4 is 39.2 Å². The van der Waals surface area contributed by atoms with Gasteiger partial charge in [0.15, 0.2) is 10.7 Å². The van der Waals surface area contributed by atoms with Gasteiger partial charge in [-0.2, -0.15) is 0 Å². The topological polar surface area (TPSA) is 50.8 Å². The lowest BCUT2D eigenvalue weighted by molar-refractivity contribution is -0.144. The van der Waals surface area contributed by atoms with Crippen LogP contribution in [-0.4, -0.2) is 48.4 Å². The average molecular weight is 453 g/mol. The van der Waals surface area contributed by atoms with Crippen molar-refractivity contribution in [1.29, 1.82) is 0 Å². The number of fused-ring (bicyclic) bond motifs is 2. The largest absolute Gasteiger partial charge is 0.382 e. The normalized spacial score (nSPS) is 31.2. The molecule has 0 radical (unpaired) electrons. The van der Waals surface area contributed by atoms with Crippen molar-refractivity contribution in [2.24, 2.45) is 5.41 Å². The van der Waals surface area contributed by atoms with Crippen LogP contribution in [0.5, 0.6) is 0 Å². The smallest absolute Gasteiger partial charge is 0.260 e. The number of nitrogens with one attached hydrogen (secondary N) is 1. The van der Waals surface area contributed by atoms with Gasteiger partial charge in [0, 0.05) is 17.0 Å². The van der Waals surface area contributed by atoms with E-state index < -0.39 is 5.54 Å². The monoisotopic (exact) mass is 452 g/mol. The summed E-state index contributed by atoms with van der Waals surface area (Å²) < 4.78 is 11.8. The third kappa shape index (κ3) is 2.77. The van der Waals surface area contributed by atoms with Crippen LogP contribution in [0.15, 0.2) is 22.7 Å². The van der Waals surface area contributed by atoms with Crippen molar-refractivity contribution in [2.45, 2.75) is 50.8 Å². The lowest BCUT2D eigenvalue weighted by Crippen LogP contribution is -2.56.